The van der Waals surface area contributed by atoms with Crippen molar-refractivity contribution in [3.05, 3.63) is 29.6 Å². The van der Waals surface area contributed by atoms with Crippen molar-refractivity contribution in [3.8, 4) is 0 Å². The molecule has 0 radical (unpaired) electrons. The lowest BCUT2D eigenvalue weighted by atomic mass is 9.81. The summed E-state index contributed by atoms with van der Waals surface area (Å²) in [5.74, 6) is 0.0907. The highest BCUT2D eigenvalue weighted by molar-refractivity contribution is 7.89. The van der Waals surface area contributed by atoms with E-state index >= 15 is 0 Å². The molecule has 0 aromatic heterocycles. The molecular formula is C15H23FN2O2S. The third-order valence-electron chi connectivity index (χ3n) is 4.35. The van der Waals surface area contributed by atoms with E-state index in [0.717, 1.165) is 19.3 Å². The number of nitrogens with one attached hydrogen (secondary N) is 1. The van der Waals surface area contributed by atoms with Crippen LogP contribution in [0.5, 0.6) is 0 Å². The SMILES string of the molecule is CC1CCCCC1CNS(=O)(=O)c1ccc(CN)cc1F. The van der Waals surface area contributed by atoms with E-state index in [0.29, 0.717) is 23.9 Å². The van der Waals surface area contributed by atoms with Crippen molar-refractivity contribution in [1.29, 1.82) is 0 Å². The molecule has 1 aromatic carbocycles. The van der Waals surface area contributed by atoms with E-state index in [9.17, 15) is 12.8 Å². The first kappa shape index (κ1) is 16.4. The molecule has 3 N–H and O–H groups in total. The molecule has 2 rings (SSSR count). The van der Waals surface area contributed by atoms with Crippen LogP contribution in [0.3, 0.4) is 0 Å². The van der Waals surface area contributed by atoms with Crippen LogP contribution in [-0.4, -0.2) is 15.0 Å². The standard InChI is InChI=1S/C15H23FN2O2S/c1-11-4-2-3-5-13(11)10-18-21(19,20)15-7-6-12(9-17)8-14(15)16/h6-8,11,13,18H,2-5,9-10,17H2,1H3. The summed E-state index contributed by atoms with van der Waals surface area (Å²) in [5.41, 5.74) is 5.99. The molecule has 1 fully saturated rings. The fourth-order valence-electron chi connectivity index (χ4n) is 2.88. The van der Waals surface area contributed by atoms with Crippen molar-refractivity contribution >= 4 is 10.0 Å². The van der Waals surface area contributed by atoms with Crippen molar-refractivity contribution in [3.63, 3.8) is 0 Å². The Hall–Kier alpha value is -0.980. The average Bonchev–Trinajstić information content (AvgIpc) is 2.46. The number of benzene rings is 1. The molecule has 6 heteroatoms. The number of hydrogen-bond acceptors (Lipinski definition) is 3. The maximum atomic E-state index is 13.9. The van der Waals surface area contributed by atoms with Gasteiger partial charge in [0.25, 0.3) is 0 Å². The predicted molar refractivity (Wildman–Crippen MR) is 80.6 cm³/mol. The van der Waals surface area contributed by atoms with Gasteiger partial charge in [0.2, 0.25) is 10.0 Å². The summed E-state index contributed by atoms with van der Waals surface area (Å²) >= 11 is 0. The minimum atomic E-state index is -3.80. The first-order valence-electron chi connectivity index (χ1n) is 7.42. The first-order valence-corrected chi connectivity index (χ1v) is 8.90. The van der Waals surface area contributed by atoms with E-state index < -0.39 is 15.8 Å². The minimum Gasteiger partial charge on any atom is -0.326 e. The van der Waals surface area contributed by atoms with E-state index in [1.54, 1.807) is 6.07 Å². The Morgan fingerprint density at radius 3 is 2.67 bits per heavy atom. The zero-order valence-electron chi connectivity index (χ0n) is 12.3. The average molecular weight is 314 g/mol. The van der Waals surface area contributed by atoms with Crippen molar-refractivity contribution in [2.75, 3.05) is 6.54 Å². The second kappa shape index (κ2) is 6.85. The van der Waals surface area contributed by atoms with Gasteiger partial charge in [0.1, 0.15) is 10.7 Å². The molecule has 118 valence electrons. The lowest BCUT2D eigenvalue weighted by molar-refractivity contribution is 0.257. The van der Waals surface area contributed by atoms with Crippen LogP contribution in [0.4, 0.5) is 4.39 Å². The molecule has 1 aliphatic rings. The number of hydrogen-bond donors (Lipinski definition) is 2. The van der Waals surface area contributed by atoms with Gasteiger partial charge in [-0.1, -0.05) is 32.3 Å². The van der Waals surface area contributed by atoms with Crippen LogP contribution < -0.4 is 10.5 Å². The molecule has 21 heavy (non-hydrogen) atoms. The van der Waals surface area contributed by atoms with Gasteiger partial charge in [-0.25, -0.2) is 17.5 Å². The van der Waals surface area contributed by atoms with E-state index in [4.69, 9.17) is 5.73 Å². The van der Waals surface area contributed by atoms with Gasteiger partial charge >= 0.3 is 0 Å². The Labute approximate surface area is 126 Å². The molecular weight excluding hydrogens is 291 g/mol. The Morgan fingerprint density at radius 1 is 1.33 bits per heavy atom. The number of sulfonamides is 1. The van der Waals surface area contributed by atoms with Crippen LogP contribution in [0.25, 0.3) is 0 Å². The molecule has 1 saturated carbocycles. The van der Waals surface area contributed by atoms with Crippen molar-refractivity contribution in [2.24, 2.45) is 17.6 Å². The van der Waals surface area contributed by atoms with Crippen LogP contribution in [0, 0.1) is 17.7 Å². The maximum Gasteiger partial charge on any atom is 0.243 e. The summed E-state index contributed by atoms with van der Waals surface area (Å²) in [6.45, 7) is 2.71. The second-order valence-electron chi connectivity index (χ2n) is 5.84. The lowest BCUT2D eigenvalue weighted by Crippen LogP contribution is -2.33. The highest BCUT2D eigenvalue weighted by Gasteiger charge is 2.25. The zero-order valence-corrected chi connectivity index (χ0v) is 13.1. The molecule has 1 aliphatic carbocycles. The summed E-state index contributed by atoms with van der Waals surface area (Å²) < 4.78 is 40.9. The fourth-order valence-corrected chi connectivity index (χ4v) is 4.03. The highest BCUT2D eigenvalue weighted by atomic mass is 32.2. The Bertz CT molecular complexity index is 589. The van der Waals surface area contributed by atoms with Gasteiger partial charge in [0.15, 0.2) is 0 Å². The summed E-state index contributed by atoms with van der Waals surface area (Å²) in [6, 6.07) is 4.00. The van der Waals surface area contributed by atoms with Crippen molar-refractivity contribution < 1.29 is 12.8 Å². The van der Waals surface area contributed by atoms with E-state index in [-0.39, 0.29) is 11.4 Å². The molecule has 0 spiro atoms. The molecule has 0 amide bonds. The summed E-state index contributed by atoms with van der Waals surface area (Å²) in [6.07, 6.45) is 4.50. The van der Waals surface area contributed by atoms with Gasteiger partial charge in [-0.2, -0.15) is 0 Å². The van der Waals surface area contributed by atoms with Crippen molar-refractivity contribution in [2.45, 2.75) is 44.0 Å². The summed E-state index contributed by atoms with van der Waals surface area (Å²) in [5, 5.41) is 0. The third-order valence-corrected chi connectivity index (χ3v) is 5.80. The predicted octanol–water partition coefficient (Wildman–Crippen LogP) is 2.39. The largest absolute Gasteiger partial charge is 0.326 e. The Kier molecular flexibility index (Phi) is 5.35. The lowest BCUT2D eigenvalue weighted by Gasteiger charge is -2.28. The zero-order chi connectivity index (χ0) is 15.5. The van der Waals surface area contributed by atoms with E-state index in [1.165, 1.54) is 18.6 Å². The molecule has 0 saturated heterocycles. The van der Waals surface area contributed by atoms with Gasteiger partial charge < -0.3 is 5.73 Å². The van der Waals surface area contributed by atoms with Gasteiger partial charge in [-0.3, -0.25) is 0 Å². The van der Waals surface area contributed by atoms with E-state index in [2.05, 4.69) is 11.6 Å². The van der Waals surface area contributed by atoms with Crippen LogP contribution in [0.2, 0.25) is 0 Å². The van der Waals surface area contributed by atoms with E-state index in [1.807, 2.05) is 0 Å². The van der Waals surface area contributed by atoms with Crippen LogP contribution in [-0.2, 0) is 16.6 Å². The number of nitrogens with two attached hydrogens (primary N) is 1. The Morgan fingerprint density at radius 2 is 2.05 bits per heavy atom. The smallest absolute Gasteiger partial charge is 0.243 e. The molecule has 1 aromatic rings. The quantitative estimate of drug-likeness (QED) is 0.876. The Balaban J connectivity index is 2.07. The van der Waals surface area contributed by atoms with Crippen LogP contribution in [0.1, 0.15) is 38.2 Å². The number of halogens is 1. The molecule has 2 unspecified atom stereocenters. The fraction of sp³-hybridized carbons (Fsp3) is 0.600. The van der Waals surface area contributed by atoms with Gasteiger partial charge in [0.05, 0.1) is 0 Å². The second-order valence-corrected chi connectivity index (χ2v) is 7.58. The first-order chi connectivity index (χ1) is 9.94. The normalized spacial score (nSPS) is 23.2. The van der Waals surface area contributed by atoms with Crippen LogP contribution in [0.15, 0.2) is 23.1 Å². The molecule has 4 nitrogen and oxygen atoms in total. The monoisotopic (exact) mass is 314 g/mol. The minimum absolute atomic E-state index is 0.185. The van der Waals surface area contributed by atoms with Gasteiger partial charge in [-0.15, -0.1) is 0 Å². The highest BCUT2D eigenvalue weighted by Crippen LogP contribution is 2.29. The summed E-state index contributed by atoms with van der Waals surface area (Å²) in [7, 11) is -3.80. The molecule has 0 bridgehead atoms. The van der Waals surface area contributed by atoms with Crippen molar-refractivity contribution in [1.82, 2.24) is 4.72 Å². The number of rotatable bonds is 5. The summed E-state index contributed by atoms with van der Waals surface area (Å²) in [4.78, 5) is -0.303. The molecule has 0 aliphatic heterocycles. The topological polar surface area (TPSA) is 72.2 Å². The van der Waals surface area contributed by atoms with Gasteiger partial charge in [-0.05, 0) is 36.0 Å². The maximum absolute atomic E-state index is 13.9. The van der Waals surface area contributed by atoms with Gasteiger partial charge in [0, 0.05) is 13.1 Å². The molecule has 2 atom stereocenters. The third kappa shape index (κ3) is 4.02. The van der Waals surface area contributed by atoms with Crippen LogP contribution >= 0.6 is 0 Å². The molecule has 0 heterocycles.